The van der Waals surface area contributed by atoms with Crippen molar-refractivity contribution in [1.82, 2.24) is 30.7 Å². The van der Waals surface area contributed by atoms with Crippen molar-refractivity contribution in [2.75, 3.05) is 17.7 Å². The van der Waals surface area contributed by atoms with Crippen LogP contribution in [0.15, 0.2) is 76.5 Å². The Hall–Kier alpha value is -5.50. The second kappa shape index (κ2) is 13.4. The third-order valence-electron chi connectivity index (χ3n) is 5.99. The molecule has 5 rings (SSSR count). The number of rotatable bonds is 12. The van der Waals surface area contributed by atoms with E-state index in [4.69, 9.17) is 26.8 Å². The first-order chi connectivity index (χ1) is 20.9. The number of anilines is 2. The number of para-hydroxylation sites is 1. The van der Waals surface area contributed by atoms with Gasteiger partial charge in [-0.2, -0.15) is 9.78 Å². The van der Waals surface area contributed by atoms with Gasteiger partial charge in [0.15, 0.2) is 17.2 Å². The third kappa shape index (κ3) is 6.87. The van der Waals surface area contributed by atoms with Gasteiger partial charge in [-0.1, -0.05) is 41.1 Å². The Morgan fingerprint density at radius 2 is 1.95 bits per heavy atom. The predicted molar refractivity (Wildman–Crippen MR) is 156 cm³/mol. The number of nitrogens with one attached hydrogen (secondary N) is 2. The predicted octanol–water partition coefficient (Wildman–Crippen LogP) is 4.38. The molecular weight excluding hydrogens is 581 g/mol. The molecule has 3 aromatic carbocycles. The molecular formula is C28H25ClFN9O4. The van der Waals surface area contributed by atoms with Crippen LogP contribution in [0.5, 0.6) is 11.5 Å². The molecule has 0 bridgehead atoms. The van der Waals surface area contributed by atoms with Gasteiger partial charge in [-0.15, -0.1) is 5.10 Å². The summed E-state index contributed by atoms with van der Waals surface area (Å²) in [5.41, 5.74) is 10.3. The quantitative estimate of drug-likeness (QED) is 0.137. The number of amides is 1. The number of nitrogen functional groups attached to an aromatic ring is 1. The van der Waals surface area contributed by atoms with Crippen LogP contribution in [-0.4, -0.2) is 44.0 Å². The Morgan fingerprint density at radius 1 is 1.12 bits per heavy atom. The number of carbonyl (C=O) groups is 1. The number of halogens is 2. The van der Waals surface area contributed by atoms with Crippen molar-refractivity contribution in [3.05, 3.63) is 100 Å². The van der Waals surface area contributed by atoms with Gasteiger partial charge >= 0.3 is 0 Å². The summed E-state index contributed by atoms with van der Waals surface area (Å²) in [5.74, 6) is -0.245. The maximum Gasteiger partial charge on any atom is 0.293 e. The zero-order valence-corrected chi connectivity index (χ0v) is 23.5. The summed E-state index contributed by atoms with van der Waals surface area (Å²) in [6, 6.07) is 18.8. The average Bonchev–Trinajstić information content (AvgIpc) is 3.63. The van der Waals surface area contributed by atoms with Gasteiger partial charge in [-0.25, -0.2) is 14.4 Å². The van der Waals surface area contributed by atoms with Crippen LogP contribution in [0, 0.1) is 5.82 Å². The van der Waals surface area contributed by atoms with Crippen molar-refractivity contribution in [2.24, 2.45) is 5.10 Å². The van der Waals surface area contributed by atoms with Crippen LogP contribution in [0.4, 0.5) is 15.9 Å². The van der Waals surface area contributed by atoms with Crippen LogP contribution in [0.1, 0.15) is 34.2 Å². The highest BCUT2D eigenvalue weighted by Gasteiger charge is 2.24. The van der Waals surface area contributed by atoms with Gasteiger partial charge in [-0.3, -0.25) is 4.79 Å². The van der Waals surface area contributed by atoms with Gasteiger partial charge in [0.25, 0.3) is 5.91 Å². The number of ether oxygens (including phenoxy) is 2. The minimum Gasteiger partial charge on any atom is -0.490 e. The van der Waals surface area contributed by atoms with Crippen molar-refractivity contribution in [3.63, 3.8) is 0 Å². The number of hydrazone groups is 1. The highest BCUT2D eigenvalue weighted by Crippen LogP contribution is 2.30. The van der Waals surface area contributed by atoms with E-state index >= 15 is 0 Å². The van der Waals surface area contributed by atoms with Gasteiger partial charge < -0.3 is 20.5 Å². The largest absolute Gasteiger partial charge is 0.490 e. The first-order valence-corrected chi connectivity index (χ1v) is 13.3. The second-order valence-electron chi connectivity index (χ2n) is 8.82. The molecule has 15 heteroatoms. The summed E-state index contributed by atoms with van der Waals surface area (Å²) in [6.45, 7) is 2.23. The molecule has 220 valence electrons. The highest BCUT2D eigenvalue weighted by atomic mass is 35.5. The molecule has 0 atom stereocenters. The smallest absolute Gasteiger partial charge is 0.293 e. The maximum atomic E-state index is 14.2. The van der Waals surface area contributed by atoms with E-state index in [1.54, 1.807) is 24.3 Å². The Balaban J connectivity index is 1.30. The number of aromatic nitrogens is 5. The van der Waals surface area contributed by atoms with E-state index < -0.39 is 11.7 Å². The topological polar surface area (TPSA) is 168 Å². The minimum atomic E-state index is -0.630. The van der Waals surface area contributed by atoms with E-state index in [-0.39, 0.29) is 41.1 Å². The zero-order chi connectivity index (χ0) is 30.2. The van der Waals surface area contributed by atoms with E-state index in [2.05, 4.69) is 41.1 Å². The number of hydrogen-bond donors (Lipinski definition) is 3. The molecule has 0 unspecified atom stereocenters. The molecule has 0 saturated heterocycles. The lowest BCUT2D eigenvalue weighted by atomic mass is 10.2. The molecule has 0 aliphatic rings. The third-order valence-corrected chi connectivity index (χ3v) is 6.34. The van der Waals surface area contributed by atoms with Crippen molar-refractivity contribution in [3.8, 4) is 17.3 Å². The van der Waals surface area contributed by atoms with E-state index in [0.29, 0.717) is 29.4 Å². The Morgan fingerprint density at radius 3 is 2.70 bits per heavy atom. The van der Waals surface area contributed by atoms with E-state index in [0.717, 1.165) is 5.69 Å². The molecule has 0 spiro atoms. The van der Waals surface area contributed by atoms with Crippen molar-refractivity contribution in [1.29, 1.82) is 0 Å². The number of carbonyl (C=O) groups excluding carboxylic acids is 1. The fourth-order valence-corrected chi connectivity index (χ4v) is 4.13. The lowest BCUT2D eigenvalue weighted by Crippen LogP contribution is -2.21. The SMILES string of the molecule is CCOc1cc(C=NNC(=O)c2nnn(-c3nonc3N)c2CNc2ccccc2)ccc1OCc1c(F)cccc1Cl. The van der Waals surface area contributed by atoms with Gasteiger partial charge in [0.2, 0.25) is 11.6 Å². The highest BCUT2D eigenvalue weighted by molar-refractivity contribution is 6.31. The summed E-state index contributed by atoms with van der Waals surface area (Å²) in [4.78, 5) is 13.1. The fourth-order valence-electron chi connectivity index (χ4n) is 3.92. The van der Waals surface area contributed by atoms with Crippen LogP contribution >= 0.6 is 11.6 Å². The summed E-state index contributed by atoms with van der Waals surface area (Å²) in [5, 5.41) is 22.9. The fraction of sp³-hybridized carbons (Fsp3) is 0.143. The van der Waals surface area contributed by atoms with Gasteiger partial charge in [0.1, 0.15) is 12.4 Å². The summed E-state index contributed by atoms with van der Waals surface area (Å²) >= 11 is 6.11. The van der Waals surface area contributed by atoms with Crippen LogP contribution in [0.25, 0.3) is 5.82 Å². The standard InChI is InChI=1S/C28H25ClFN9O4/c1-2-41-24-13-17(11-12-23(24)42-16-19-20(29)9-6-10-21(19)30)14-33-35-28(40)25-22(15-32-18-7-4-3-5-8-18)39(38-34-25)27-26(31)36-43-37-27/h3-14,32H,2,15-16H2,1H3,(H2,31,36)(H,35,40). The molecule has 0 aliphatic heterocycles. The molecule has 0 saturated carbocycles. The molecule has 13 nitrogen and oxygen atoms in total. The Kier molecular flexibility index (Phi) is 9.07. The monoisotopic (exact) mass is 605 g/mol. The number of nitrogens with zero attached hydrogens (tertiary/aromatic N) is 6. The van der Waals surface area contributed by atoms with Crippen LogP contribution in [0.2, 0.25) is 5.02 Å². The first-order valence-electron chi connectivity index (χ1n) is 12.9. The summed E-state index contributed by atoms with van der Waals surface area (Å²) in [7, 11) is 0. The van der Waals surface area contributed by atoms with E-state index in [1.165, 1.54) is 23.0 Å². The van der Waals surface area contributed by atoms with Gasteiger partial charge in [-0.05, 0) is 65.3 Å². The van der Waals surface area contributed by atoms with Crippen LogP contribution in [0.3, 0.4) is 0 Å². The number of hydrogen-bond acceptors (Lipinski definition) is 11. The van der Waals surface area contributed by atoms with Crippen molar-refractivity contribution < 1.29 is 23.3 Å². The Labute approximate surface area is 249 Å². The van der Waals surface area contributed by atoms with Crippen LogP contribution in [-0.2, 0) is 13.2 Å². The molecule has 4 N–H and O–H groups in total. The van der Waals surface area contributed by atoms with Gasteiger partial charge in [0.05, 0.1) is 30.1 Å². The van der Waals surface area contributed by atoms with Crippen molar-refractivity contribution in [2.45, 2.75) is 20.1 Å². The summed E-state index contributed by atoms with van der Waals surface area (Å²) in [6.07, 6.45) is 1.42. The van der Waals surface area contributed by atoms with Gasteiger partial charge in [0, 0.05) is 11.3 Å². The molecule has 43 heavy (non-hydrogen) atoms. The molecule has 5 aromatic rings. The molecule has 2 aromatic heterocycles. The lowest BCUT2D eigenvalue weighted by Gasteiger charge is -2.13. The normalized spacial score (nSPS) is 11.0. The molecule has 2 heterocycles. The minimum absolute atomic E-state index is 0.0199. The zero-order valence-electron chi connectivity index (χ0n) is 22.7. The second-order valence-corrected chi connectivity index (χ2v) is 9.22. The molecule has 0 aliphatic carbocycles. The lowest BCUT2D eigenvalue weighted by molar-refractivity contribution is 0.0949. The molecule has 1 amide bonds. The first kappa shape index (κ1) is 29.0. The summed E-state index contributed by atoms with van der Waals surface area (Å²) < 4.78 is 31.6. The molecule has 0 fully saturated rings. The Bertz CT molecular complexity index is 1720. The number of benzene rings is 3. The average molecular weight is 606 g/mol. The van der Waals surface area contributed by atoms with Crippen LogP contribution < -0.4 is 25.9 Å². The number of nitrogens with two attached hydrogens (primary N) is 1. The molecule has 0 radical (unpaired) electrons. The van der Waals surface area contributed by atoms with Crippen molar-refractivity contribution >= 4 is 35.2 Å². The maximum absolute atomic E-state index is 14.2. The van der Waals surface area contributed by atoms with E-state index in [9.17, 15) is 9.18 Å². The van der Waals surface area contributed by atoms with E-state index in [1.807, 2.05) is 37.3 Å².